The highest BCUT2D eigenvalue weighted by Gasteiger charge is 2.19. The first-order valence-electron chi connectivity index (χ1n) is 6.44. The summed E-state index contributed by atoms with van der Waals surface area (Å²) in [6.07, 6.45) is 4.44. The fourth-order valence-electron chi connectivity index (χ4n) is 2.13. The third-order valence-electron chi connectivity index (χ3n) is 3.17. The summed E-state index contributed by atoms with van der Waals surface area (Å²) in [5, 5.41) is 4.57. The van der Waals surface area contributed by atoms with Crippen molar-refractivity contribution in [2.75, 3.05) is 25.5 Å². The summed E-state index contributed by atoms with van der Waals surface area (Å²) >= 11 is 1.27. The lowest BCUT2D eigenvalue weighted by molar-refractivity contribution is 0.0607. The maximum absolute atomic E-state index is 12.1. The number of amides is 2. The summed E-state index contributed by atoms with van der Waals surface area (Å²) in [6.45, 7) is 1.56. The highest BCUT2D eigenvalue weighted by atomic mass is 32.1. The van der Waals surface area contributed by atoms with Gasteiger partial charge in [-0.15, -0.1) is 11.3 Å². The van der Waals surface area contributed by atoms with E-state index in [1.807, 2.05) is 4.90 Å². The quantitative estimate of drug-likeness (QED) is 0.848. The second kappa shape index (κ2) is 6.56. The van der Waals surface area contributed by atoms with Gasteiger partial charge in [0.25, 0.3) is 0 Å². The number of likely N-dealkylation sites (tertiary alicyclic amines) is 1. The van der Waals surface area contributed by atoms with Crippen LogP contribution in [0.2, 0.25) is 0 Å². The highest BCUT2D eigenvalue weighted by molar-refractivity contribution is 7.12. The van der Waals surface area contributed by atoms with Gasteiger partial charge < -0.3 is 15.0 Å². The average Bonchev–Trinajstić information content (AvgIpc) is 2.71. The second-order valence-corrected chi connectivity index (χ2v) is 5.40. The molecular formula is C13H18N2O3S. The van der Waals surface area contributed by atoms with E-state index in [0.717, 1.165) is 25.9 Å². The van der Waals surface area contributed by atoms with E-state index in [4.69, 9.17) is 0 Å². The standard InChI is InChI=1S/C13H18N2O3S/c1-18-12(16)11-10(6-9-19-11)14-13(17)15-7-4-2-3-5-8-15/h6,9H,2-5,7-8H2,1H3,(H,14,17). The normalized spacial score (nSPS) is 15.7. The van der Waals surface area contributed by atoms with Crippen LogP contribution >= 0.6 is 11.3 Å². The van der Waals surface area contributed by atoms with E-state index in [1.54, 1.807) is 11.4 Å². The van der Waals surface area contributed by atoms with Crippen LogP contribution in [0.3, 0.4) is 0 Å². The number of thiophene rings is 1. The zero-order valence-electron chi connectivity index (χ0n) is 11.0. The SMILES string of the molecule is COC(=O)c1sccc1NC(=O)N1CCCCCC1. The van der Waals surface area contributed by atoms with Crippen LogP contribution in [0.25, 0.3) is 0 Å². The summed E-state index contributed by atoms with van der Waals surface area (Å²) in [6, 6.07) is 1.59. The number of hydrogen-bond acceptors (Lipinski definition) is 4. The Morgan fingerprint density at radius 2 is 1.95 bits per heavy atom. The van der Waals surface area contributed by atoms with Crippen molar-refractivity contribution in [1.82, 2.24) is 4.90 Å². The number of esters is 1. The number of nitrogens with zero attached hydrogens (tertiary/aromatic N) is 1. The lowest BCUT2D eigenvalue weighted by Gasteiger charge is -2.20. The Bertz CT molecular complexity index is 450. The van der Waals surface area contributed by atoms with Gasteiger partial charge in [-0.3, -0.25) is 0 Å². The van der Waals surface area contributed by atoms with E-state index in [9.17, 15) is 9.59 Å². The van der Waals surface area contributed by atoms with Crippen molar-refractivity contribution in [3.63, 3.8) is 0 Å². The molecule has 0 saturated carbocycles. The molecule has 1 aromatic heterocycles. The van der Waals surface area contributed by atoms with Gasteiger partial charge in [0.15, 0.2) is 0 Å². The number of ether oxygens (including phenoxy) is 1. The molecule has 2 amide bonds. The van der Waals surface area contributed by atoms with Gasteiger partial charge in [-0.2, -0.15) is 0 Å². The second-order valence-electron chi connectivity index (χ2n) is 4.49. The van der Waals surface area contributed by atoms with Crippen LogP contribution in [0, 0.1) is 0 Å². The molecular weight excluding hydrogens is 264 g/mol. The van der Waals surface area contributed by atoms with Crippen molar-refractivity contribution in [3.05, 3.63) is 16.3 Å². The average molecular weight is 282 g/mol. The van der Waals surface area contributed by atoms with Crippen molar-refractivity contribution in [3.8, 4) is 0 Å². The Morgan fingerprint density at radius 3 is 2.58 bits per heavy atom. The fourth-order valence-corrected chi connectivity index (χ4v) is 2.89. The van der Waals surface area contributed by atoms with Crippen LogP contribution in [0.15, 0.2) is 11.4 Å². The summed E-state index contributed by atoms with van der Waals surface area (Å²) in [5.41, 5.74) is 0.533. The molecule has 0 spiro atoms. The van der Waals surface area contributed by atoms with Gasteiger partial charge in [-0.05, 0) is 24.3 Å². The molecule has 0 atom stereocenters. The van der Waals surface area contributed by atoms with E-state index in [1.165, 1.54) is 31.3 Å². The van der Waals surface area contributed by atoms with E-state index >= 15 is 0 Å². The molecule has 1 aliphatic heterocycles. The lowest BCUT2D eigenvalue weighted by Crippen LogP contribution is -2.35. The van der Waals surface area contributed by atoms with Crippen molar-refractivity contribution in [2.24, 2.45) is 0 Å². The van der Waals surface area contributed by atoms with Crippen molar-refractivity contribution in [2.45, 2.75) is 25.7 Å². The van der Waals surface area contributed by atoms with E-state index in [-0.39, 0.29) is 6.03 Å². The minimum absolute atomic E-state index is 0.134. The first-order valence-corrected chi connectivity index (χ1v) is 7.32. The predicted octanol–water partition coefficient (Wildman–Crippen LogP) is 2.94. The maximum Gasteiger partial charge on any atom is 0.350 e. The molecule has 104 valence electrons. The molecule has 2 heterocycles. The van der Waals surface area contributed by atoms with E-state index in [0.29, 0.717) is 10.6 Å². The number of anilines is 1. The topological polar surface area (TPSA) is 58.6 Å². The molecule has 2 rings (SSSR count). The largest absolute Gasteiger partial charge is 0.465 e. The Morgan fingerprint density at radius 1 is 1.26 bits per heavy atom. The van der Waals surface area contributed by atoms with Gasteiger partial charge in [0.1, 0.15) is 4.88 Å². The van der Waals surface area contributed by atoms with Crippen molar-refractivity contribution in [1.29, 1.82) is 0 Å². The maximum atomic E-state index is 12.1. The van der Waals surface area contributed by atoms with Crippen LogP contribution in [0.5, 0.6) is 0 Å². The number of carbonyl (C=O) groups is 2. The molecule has 0 bridgehead atoms. The number of methoxy groups -OCH3 is 1. The molecule has 0 aromatic carbocycles. The molecule has 0 aliphatic carbocycles. The smallest absolute Gasteiger partial charge is 0.350 e. The number of hydrogen-bond donors (Lipinski definition) is 1. The third-order valence-corrected chi connectivity index (χ3v) is 4.07. The Hall–Kier alpha value is -1.56. The summed E-state index contributed by atoms with van der Waals surface area (Å²) < 4.78 is 4.69. The molecule has 0 radical (unpaired) electrons. The Kier molecular flexibility index (Phi) is 4.79. The van der Waals surface area contributed by atoms with Crippen LogP contribution in [0.1, 0.15) is 35.4 Å². The molecule has 5 nitrogen and oxygen atoms in total. The van der Waals surface area contributed by atoms with Crippen molar-refractivity contribution >= 4 is 29.0 Å². The van der Waals surface area contributed by atoms with E-state index < -0.39 is 5.97 Å². The van der Waals surface area contributed by atoms with E-state index in [2.05, 4.69) is 10.1 Å². The van der Waals surface area contributed by atoms with Gasteiger partial charge in [0.05, 0.1) is 12.8 Å². The first-order chi connectivity index (χ1) is 9.22. The highest BCUT2D eigenvalue weighted by Crippen LogP contribution is 2.23. The molecule has 1 N–H and O–H groups in total. The predicted molar refractivity (Wildman–Crippen MR) is 74.7 cm³/mol. The van der Waals surface area contributed by atoms with Gasteiger partial charge in [-0.25, -0.2) is 9.59 Å². The summed E-state index contributed by atoms with van der Waals surface area (Å²) in [4.78, 5) is 25.9. The van der Waals surface area contributed by atoms with Gasteiger partial charge in [0.2, 0.25) is 0 Å². The molecule has 0 unspecified atom stereocenters. The first kappa shape index (κ1) is 13.9. The molecule has 1 saturated heterocycles. The third kappa shape index (κ3) is 3.47. The molecule has 1 aromatic rings. The molecule has 6 heteroatoms. The summed E-state index contributed by atoms with van der Waals surface area (Å²) in [5.74, 6) is -0.416. The molecule has 19 heavy (non-hydrogen) atoms. The Balaban J connectivity index is 2.02. The van der Waals surface area contributed by atoms with Crippen LogP contribution in [0.4, 0.5) is 10.5 Å². The number of carbonyl (C=O) groups excluding carboxylic acids is 2. The zero-order chi connectivity index (χ0) is 13.7. The minimum atomic E-state index is -0.416. The number of rotatable bonds is 2. The monoisotopic (exact) mass is 282 g/mol. The summed E-state index contributed by atoms with van der Waals surface area (Å²) in [7, 11) is 1.34. The lowest BCUT2D eigenvalue weighted by atomic mass is 10.2. The van der Waals surface area contributed by atoms with Crippen LogP contribution in [-0.2, 0) is 4.74 Å². The molecule has 1 fully saturated rings. The van der Waals surface area contributed by atoms with Gasteiger partial charge in [0, 0.05) is 13.1 Å². The van der Waals surface area contributed by atoms with Crippen LogP contribution < -0.4 is 5.32 Å². The minimum Gasteiger partial charge on any atom is -0.465 e. The van der Waals surface area contributed by atoms with Crippen molar-refractivity contribution < 1.29 is 14.3 Å². The molecule has 1 aliphatic rings. The van der Waals surface area contributed by atoms with Crippen LogP contribution in [-0.4, -0.2) is 37.1 Å². The zero-order valence-corrected chi connectivity index (χ0v) is 11.8. The fraction of sp³-hybridized carbons (Fsp3) is 0.538. The van der Waals surface area contributed by atoms with Gasteiger partial charge in [-0.1, -0.05) is 12.8 Å². The van der Waals surface area contributed by atoms with Gasteiger partial charge >= 0.3 is 12.0 Å². The Labute approximate surface area is 116 Å². The number of urea groups is 1. The number of nitrogens with one attached hydrogen (secondary N) is 1.